The number of rotatable bonds is 2. The van der Waals surface area contributed by atoms with Gasteiger partial charge in [-0.05, 0) is 25.1 Å². The van der Waals surface area contributed by atoms with Gasteiger partial charge >= 0.3 is 11.8 Å². The molecular weight excluding hydrogens is 251 g/mol. The van der Waals surface area contributed by atoms with Gasteiger partial charge in [0.1, 0.15) is 0 Å². The molecule has 86 valence electrons. The molecule has 0 aliphatic rings. The Hall–Kier alpha value is -1.26. The highest BCUT2D eigenvalue weighted by Gasteiger charge is 2.12. The molecule has 0 radical (unpaired) electrons. The molecule has 0 atom stereocenters. The summed E-state index contributed by atoms with van der Waals surface area (Å²) in [5.41, 5.74) is 0.422. The van der Waals surface area contributed by atoms with Crippen LogP contribution in [0.1, 0.15) is 6.92 Å². The van der Waals surface area contributed by atoms with Crippen molar-refractivity contribution in [3.05, 3.63) is 28.2 Å². The number of amides is 2. The summed E-state index contributed by atoms with van der Waals surface area (Å²) in [6.45, 7) is 2.12. The van der Waals surface area contributed by atoms with Gasteiger partial charge in [-0.3, -0.25) is 9.59 Å². The molecule has 0 aromatic heterocycles. The predicted molar refractivity (Wildman–Crippen MR) is 63.8 cm³/mol. The molecule has 2 N–H and O–H groups in total. The van der Waals surface area contributed by atoms with E-state index >= 15 is 0 Å². The molecule has 1 aromatic carbocycles. The van der Waals surface area contributed by atoms with Gasteiger partial charge < -0.3 is 10.6 Å². The van der Waals surface area contributed by atoms with Crippen LogP contribution >= 0.6 is 23.2 Å². The molecule has 0 fully saturated rings. The van der Waals surface area contributed by atoms with Crippen LogP contribution in [0.5, 0.6) is 0 Å². The SMILES string of the molecule is CCNC(=O)C(=O)Nc1ccc(Cl)c(Cl)c1. The minimum absolute atomic E-state index is 0.315. The van der Waals surface area contributed by atoms with Gasteiger partial charge in [-0.2, -0.15) is 0 Å². The normalized spacial score (nSPS) is 9.69. The molecule has 2 amide bonds. The number of anilines is 1. The van der Waals surface area contributed by atoms with Gasteiger partial charge in [-0.25, -0.2) is 0 Å². The standard InChI is InChI=1S/C10H10Cl2N2O2/c1-2-13-9(15)10(16)14-6-3-4-7(11)8(12)5-6/h3-5H,2H2,1H3,(H,13,15)(H,14,16). The highest BCUT2D eigenvalue weighted by Crippen LogP contribution is 2.24. The van der Waals surface area contributed by atoms with Crippen molar-refractivity contribution in [2.75, 3.05) is 11.9 Å². The molecule has 0 saturated carbocycles. The molecule has 6 heteroatoms. The zero-order valence-corrected chi connectivity index (χ0v) is 10.0. The van der Waals surface area contributed by atoms with E-state index in [0.717, 1.165) is 0 Å². The Bertz CT molecular complexity index is 421. The second-order valence-corrected chi connectivity index (χ2v) is 3.76. The number of halogens is 2. The Morgan fingerprint density at radius 1 is 1.19 bits per heavy atom. The van der Waals surface area contributed by atoms with Crippen LogP contribution in [0.2, 0.25) is 10.0 Å². The Kier molecular flexibility index (Phi) is 4.58. The number of carbonyl (C=O) groups excluding carboxylic acids is 2. The number of benzene rings is 1. The van der Waals surface area contributed by atoms with Crippen molar-refractivity contribution in [2.24, 2.45) is 0 Å². The molecule has 16 heavy (non-hydrogen) atoms. The van der Waals surface area contributed by atoms with Crippen molar-refractivity contribution in [3.8, 4) is 0 Å². The Morgan fingerprint density at radius 2 is 1.88 bits per heavy atom. The molecule has 0 saturated heterocycles. The van der Waals surface area contributed by atoms with Crippen LogP contribution in [-0.4, -0.2) is 18.4 Å². The lowest BCUT2D eigenvalue weighted by Gasteiger charge is -2.05. The van der Waals surface area contributed by atoms with E-state index in [4.69, 9.17) is 23.2 Å². The number of hydrogen-bond donors (Lipinski definition) is 2. The highest BCUT2D eigenvalue weighted by molar-refractivity contribution is 6.42. The van der Waals surface area contributed by atoms with E-state index in [2.05, 4.69) is 10.6 Å². The maximum Gasteiger partial charge on any atom is 0.313 e. The first-order chi connectivity index (χ1) is 7.54. The van der Waals surface area contributed by atoms with Gasteiger partial charge in [0.2, 0.25) is 0 Å². The first-order valence-electron chi connectivity index (χ1n) is 4.58. The molecule has 0 bridgehead atoms. The summed E-state index contributed by atoms with van der Waals surface area (Å²) in [4.78, 5) is 22.4. The maximum absolute atomic E-state index is 11.3. The molecule has 1 aromatic rings. The van der Waals surface area contributed by atoms with Gasteiger partial charge in [-0.1, -0.05) is 23.2 Å². The van der Waals surface area contributed by atoms with Crippen LogP contribution < -0.4 is 10.6 Å². The van der Waals surface area contributed by atoms with Gasteiger partial charge in [-0.15, -0.1) is 0 Å². The summed E-state index contributed by atoms with van der Waals surface area (Å²) in [7, 11) is 0. The number of hydrogen-bond acceptors (Lipinski definition) is 2. The quantitative estimate of drug-likeness (QED) is 0.800. The van der Waals surface area contributed by atoms with E-state index in [-0.39, 0.29) is 0 Å². The fourth-order valence-electron chi connectivity index (χ4n) is 1.00. The van der Waals surface area contributed by atoms with Gasteiger partial charge in [0.05, 0.1) is 10.0 Å². The Morgan fingerprint density at radius 3 is 2.44 bits per heavy atom. The number of nitrogens with one attached hydrogen (secondary N) is 2. The minimum atomic E-state index is -0.736. The average Bonchev–Trinajstić information content (AvgIpc) is 2.24. The molecular formula is C10H10Cl2N2O2. The lowest BCUT2D eigenvalue weighted by molar-refractivity contribution is -0.136. The maximum atomic E-state index is 11.3. The van der Waals surface area contributed by atoms with E-state index in [0.29, 0.717) is 22.3 Å². The van der Waals surface area contributed by atoms with E-state index in [1.807, 2.05) is 0 Å². The average molecular weight is 261 g/mol. The Labute approximate surface area is 103 Å². The zero-order valence-electron chi connectivity index (χ0n) is 8.51. The van der Waals surface area contributed by atoms with Crippen molar-refractivity contribution in [1.82, 2.24) is 5.32 Å². The molecule has 0 spiro atoms. The van der Waals surface area contributed by atoms with Crippen LogP contribution in [0.25, 0.3) is 0 Å². The monoisotopic (exact) mass is 260 g/mol. The van der Waals surface area contributed by atoms with Crippen LogP contribution in [0.4, 0.5) is 5.69 Å². The van der Waals surface area contributed by atoms with E-state index < -0.39 is 11.8 Å². The summed E-state index contributed by atoms with van der Waals surface area (Å²) in [5.74, 6) is -1.42. The summed E-state index contributed by atoms with van der Waals surface area (Å²) >= 11 is 11.5. The van der Waals surface area contributed by atoms with Crippen LogP contribution in [0, 0.1) is 0 Å². The second-order valence-electron chi connectivity index (χ2n) is 2.94. The molecule has 0 aliphatic heterocycles. The van der Waals surface area contributed by atoms with Crippen LogP contribution in [-0.2, 0) is 9.59 Å². The minimum Gasteiger partial charge on any atom is -0.348 e. The summed E-state index contributed by atoms with van der Waals surface area (Å²) < 4.78 is 0. The van der Waals surface area contributed by atoms with Crippen molar-refractivity contribution < 1.29 is 9.59 Å². The first-order valence-corrected chi connectivity index (χ1v) is 5.34. The van der Waals surface area contributed by atoms with Gasteiger partial charge in [0.25, 0.3) is 0 Å². The molecule has 0 aliphatic carbocycles. The second kappa shape index (κ2) is 5.72. The predicted octanol–water partition coefficient (Wildman–Crippen LogP) is 2.07. The Balaban J connectivity index is 2.70. The molecule has 4 nitrogen and oxygen atoms in total. The topological polar surface area (TPSA) is 58.2 Å². The molecule has 1 rings (SSSR count). The molecule has 0 unspecified atom stereocenters. The first kappa shape index (κ1) is 12.8. The highest BCUT2D eigenvalue weighted by atomic mass is 35.5. The molecule has 0 heterocycles. The van der Waals surface area contributed by atoms with Crippen LogP contribution in [0.15, 0.2) is 18.2 Å². The smallest absolute Gasteiger partial charge is 0.313 e. The van der Waals surface area contributed by atoms with E-state index in [1.54, 1.807) is 13.0 Å². The third kappa shape index (κ3) is 3.40. The lowest BCUT2D eigenvalue weighted by Crippen LogP contribution is -2.35. The fourth-order valence-corrected chi connectivity index (χ4v) is 1.30. The number of carbonyl (C=O) groups is 2. The third-order valence-corrected chi connectivity index (χ3v) is 2.46. The zero-order chi connectivity index (χ0) is 12.1. The van der Waals surface area contributed by atoms with Gasteiger partial charge in [0, 0.05) is 12.2 Å². The summed E-state index contributed by atoms with van der Waals surface area (Å²) in [6.07, 6.45) is 0. The van der Waals surface area contributed by atoms with E-state index in [9.17, 15) is 9.59 Å². The van der Waals surface area contributed by atoms with Gasteiger partial charge in [0.15, 0.2) is 0 Å². The summed E-state index contributed by atoms with van der Waals surface area (Å²) in [6, 6.07) is 4.57. The summed E-state index contributed by atoms with van der Waals surface area (Å²) in [5, 5.41) is 5.48. The third-order valence-electron chi connectivity index (χ3n) is 1.72. The lowest BCUT2D eigenvalue weighted by atomic mass is 10.3. The van der Waals surface area contributed by atoms with Crippen LogP contribution in [0.3, 0.4) is 0 Å². The van der Waals surface area contributed by atoms with E-state index in [1.165, 1.54) is 12.1 Å². The number of likely N-dealkylation sites (N-methyl/N-ethyl adjacent to an activating group) is 1. The largest absolute Gasteiger partial charge is 0.348 e. The van der Waals surface area contributed by atoms with Crippen molar-refractivity contribution >= 4 is 40.7 Å². The fraction of sp³-hybridized carbons (Fsp3) is 0.200. The van der Waals surface area contributed by atoms with Crippen molar-refractivity contribution in [2.45, 2.75) is 6.92 Å². The van der Waals surface area contributed by atoms with Crippen molar-refractivity contribution in [3.63, 3.8) is 0 Å². The van der Waals surface area contributed by atoms with Crippen molar-refractivity contribution in [1.29, 1.82) is 0 Å².